The van der Waals surface area contributed by atoms with Crippen LogP contribution in [0.5, 0.6) is 5.75 Å². The summed E-state index contributed by atoms with van der Waals surface area (Å²) in [5.74, 6) is 0.402. The summed E-state index contributed by atoms with van der Waals surface area (Å²) >= 11 is 0. The number of hydrazine groups is 1. The molecule has 6 heteroatoms. The van der Waals surface area contributed by atoms with E-state index in [4.69, 9.17) is 4.74 Å². The molecule has 0 spiro atoms. The maximum atomic E-state index is 11.8. The van der Waals surface area contributed by atoms with Gasteiger partial charge in [0.25, 0.3) is 0 Å². The van der Waals surface area contributed by atoms with E-state index in [1.165, 1.54) is 7.05 Å². The van der Waals surface area contributed by atoms with Gasteiger partial charge in [-0.2, -0.15) is 0 Å². The number of para-hydroxylation sites is 2. The Bertz CT molecular complexity index is 602. The lowest BCUT2D eigenvalue weighted by molar-refractivity contribution is 0.145. The summed E-state index contributed by atoms with van der Waals surface area (Å²) in [6.45, 7) is 0. The molecule has 0 aliphatic rings. The van der Waals surface area contributed by atoms with Gasteiger partial charge < -0.3 is 10.1 Å². The maximum absolute atomic E-state index is 11.8. The Balaban J connectivity index is 1.84. The Morgan fingerprint density at radius 2 is 1.52 bits per heavy atom. The van der Waals surface area contributed by atoms with Crippen LogP contribution in [0, 0.1) is 0 Å². The molecular weight excluding hydrogens is 270 g/mol. The van der Waals surface area contributed by atoms with Crippen molar-refractivity contribution in [3.8, 4) is 5.75 Å². The number of ether oxygens (including phenoxy) is 1. The van der Waals surface area contributed by atoms with E-state index in [9.17, 15) is 9.59 Å². The highest BCUT2D eigenvalue weighted by atomic mass is 16.6. The third-order valence-corrected chi connectivity index (χ3v) is 2.52. The monoisotopic (exact) mass is 285 g/mol. The number of benzene rings is 2. The van der Waals surface area contributed by atoms with E-state index >= 15 is 0 Å². The van der Waals surface area contributed by atoms with Gasteiger partial charge in [-0.15, -0.1) is 0 Å². The van der Waals surface area contributed by atoms with Crippen molar-refractivity contribution in [2.45, 2.75) is 0 Å². The standard InChI is InChI=1S/C15H15N3O3/c1-18(15(20)21-13-10-6-3-7-11-13)17-14(19)16-12-8-4-2-5-9-12/h2-11H,1H3,(H2,16,17,19). The number of nitrogens with one attached hydrogen (secondary N) is 2. The van der Waals surface area contributed by atoms with Crippen molar-refractivity contribution in [2.75, 3.05) is 12.4 Å². The molecule has 0 heterocycles. The summed E-state index contributed by atoms with van der Waals surface area (Å²) in [5, 5.41) is 3.56. The van der Waals surface area contributed by atoms with Gasteiger partial charge >= 0.3 is 12.1 Å². The lowest BCUT2D eigenvalue weighted by Gasteiger charge is -2.18. The Kier molecular flexibility index (Phi) is 4.76. The van der Waals surface area contributed by atoms with Crippen LogP contribution in [-0.2, 0) is 0 Å². The first-order valence-corrected chi connectivity index (χ1v) is 6.28. The highest BCUT2D eigenvalue weighted by molar-refractivity contribution is 5.90. The van der Waals surface area contributed by atoms with E-state index in [0.29, 0.717) is 11.4 Å². The Hall–Kier alpha value is -3.02. The molecule has 2 N–H and O–H groups in total. The molecule has 0 aromatic heterocycles. The van der Waals surface area contributed by atoms with Crippen LogP contribution in [0.15, 0.2) is 60.7 Å². The molecule has 108 valence electrons. The molecule has 0 saturated carbocycles. The van der Waals surface area contributed by atoms with Crippen molar-refractivity contribution in [1.82, 2.24) is 10.4 Å². The second-order valence-electron chi connectivity index (χ2n) is 4.17. The Morgan fingerprint density at radius 3 is 2.14 bits per heavy atom. The lowest BCUT2D eigenvalue weighted by atomic mass is 10.3. The fraction of sp³-hybridized carbons (Fsp3) is 0.0667. The third-order valence-electron chi connectivity index (χ3n) is 2.52. The zero-order valence-corrected chi connectivity index (χ0v) is 11.4. The summed E-state index contributed by atoms with van der Waals surface area (Å²) in [6, 6.07) is 17.0. The van der Waals surface area contributed by atoms with Crippen molar-refractivity contribution in [3.05, 3.63) is 60.7 Å². The van der Waals surface area contributed by atoms with Crippen LogP contribution in [0.1, 0.15) is 0 Å². The average Bonchev–Trinajstić information content (AvgIpc) is 2.49. The highest BCUT2D eigenvalue weighted by Crippen LogP contribution is 2.09. The van der Waals surface area contributed by atoms with Gasteiger partial charge in [0.2, 0.25) is 0 Å². The molecule has 2 rings (SSSR count). The number of amides is 3. The minimum Gasteiger partial charge on any atom is -0.409 e. The van der Waals surface area contributed by atoms with Crippen molar-refractivity contribution >= 4 is 17.8 Å². The zero-order chi connectivity index (χ0) is 15.1. The van der Waals surface area contributed by atoms with E-state index in [2.05, 4.69) is 10.7 Å². The first kappa shape index (κ1) is 14.4. The smallest absolute Gasteiger partial charge is 0.409 e. The first-order chi connectivity index (χ1) is 10.1. The molecule has 6 nitrogen and oxygen atoms in total. The van der Waals surface area contributed by atoms with Gasteiger partial charge in [0.15, 0.2) is 0 Å². The van der Waals surface area contributed by atoms with Crippen LogP contribution in [0.4, 0.5) is 15.3 Å². The molecule has 0 bridgehead atoms. The summed E-state index contributed by atoms with van der Waals surface area (Å²) in [7, 11) is 1.40. The molecular formula is C15H15N3O3. The SMILES string of the molecule is CN(NC(=O)Nc1ccccc1)C(=O)Oc1ccccc1. The average molecular weight is 285 g/mol. The van der Waals surface area contributed by atoms with Crippen LogP contribution in [0.2, 0.25) is 0 Å². The summed E-state index contributed by atoms with van der Waals surface area (Å²) in [4.78, 5) is 23.5. The van der Waals surface area contributed by atoms with Crippen LogP contribution < -0.4 is 15.5 Å². The van der Waals surface area contributed by atoms with Crippen molar-refractivity contribution < 1.29 is 14.3 Å². The summed E-state index contributed by atoms with van der Waals surface area (Å²) < 4.78 is 5.07. The molecule has 0 aliphatic carbocycles. The zero-order valence-electron chi connectivity index (χ0n) is 11.4. The predicted octanol–water partition coefficient (Wildman–Crippen LogP) is 2.85. The maximum Gasteiger partial charge on any atom is 0.433 e. The molecule has 2 aromatic carbocycles. The molecule has 2 aromatic rings. The van der Waals surface area contributed by atoms with E-state index in [1.54, 1.807) is 48.5 Å². The minimum atomic E-state index is -0.690. The molecule has 0 aliphatic heterocycles. The van der Waals surface area contributed by atoms with Gasteiger partial charge in [0.1, 0.15) is 5.75 Å². The quantitative estimate of drug-likeness (QED) is 0.833. The first-order valence-electron chi connectivity index (χ1n) is 6.28. The third kappa shape index (κ3) is 4.54. The number of carbonyl (C=O) groups excluding carboxylic acids is 2. The molecule has 0 saturated heterocycles. The van der Waals surface area contributed by atoms with Crippen molar-refractivity contribution in [1.29, 1.82) is 0 Å². The van der Waals surface area contributed by atoms with Crippen molar-refractivity contribution in [2.24, 2.45) is 0 Å². The van der Waals surface area contributed by atoms with E-state index in [0.717, 1.165) is 5.01 Å². The number of carbonyl (C=O) groups is 2. The molecule has 3 amide bonds. The molecule has 21 heavy (non-hydrogen) atoms. The Labute approximate surface area is 122 Å². The van der Waals surface area contributed by atoms with E-state index in [1.807, 2.05) is 12.1 Å². The van der Waals surface area contributed by atoms with E-state index in [-0.39, 0.29) is 0 Å². The van der Waals surface area contributed by atoms with Gasteiger partial charge in [0, 0.05) is 12.7 Å². The van der Waals surface area contributed by atoms with E-state index < -0.39 is 12.1 Å². The van der Waals surface area contributed by atoms with Crippen LogP contribution >= 0.6 is 0 Å². The largest absolute Gasteiger partial charge is 0.433 e. The van der Waals surface area contributed by atoms with Crippen LogP contribution in [0.3, 0.4) is 0 Å². The second-order valence-corrected chi connectivity index (χ2v) is 4.17. The van der Waals surface area contributed by atoms with Gasteiger partial charge in [-0.1, -0.05) is 36.4 Å². The summed E-state index contributed by atoms with van der Waals surface area (Å²) in [6.07, 6.45) is -0.690. The van der Waals surface area contributed by atoms with Crippen LogP contribution in [0.25, 0.3) is 0 Å². The molecule has 0 atom stereocenters. The number of hydrogen-bond acceptors (Lipinski definition) is 3. The number of anilines is 1. The van der Waals surface area contributed by atoms with Gasteiger partial charge in [-0.05, 0) is 24.3 Å². The number of nitrogens with zero attached hydrogens (tertiary/aromatic N) is 1. The lowest BCUT2D eigenvalue weighted by Crippen LogP contribution is -2.46. The molecule has 0 fully saturated rings. The highest BCUT2D eigenvalue weighted by Gasteiger charge is 2.13. The second kappa shape index (κ2) is 6.95. The van der Waals surface area contributed by atoms with Crippen LogP contribution in [-0.4, -0.2) is 24.2 Å². The fourth-order valence-corrected chi connectivity index (χ4v) is 1.54. The van der Waals surface area contributed by atoms with Gasteiger partial charge in [-0.3, -0.25) is 0 Å². The summed E-state index contributed by atoms with van der Waals surface area (Å²) in [5.41, 5.74) is 2.98. The fourth-order valence-electron chi connectivity index (χ4n) is 1.54. The van der Waals surface area contributed by atoms with Gasteiger partial charge in [-0.25, -0.2) is 20.0 Å². The Morgan fingerprint density at radius 1 is 0.952 bits per heavy atom. The molecule has 0 radical (unpaired) electrons. The number of hydrogen-bond donors (Lipinski definition) is 2. The topological polar surface area (TPSA) is 70.7 Å². The molecule has 0 unspecified atom stereocenters. The van der Waals surface area contributed by atoms with Gasteiger partial charge in [0.05, 0.1) is 0 Å². The predicted molar refractivity (Wildman–Crippen MR) is 78.8 cm³/mol. The van der Waals surface area contributed by atoms with Crippen molar-refractivity contribution in [3.63, 3.8) is 0 Å². The number of urea groups is 1. The minimum absolute atomic E-state index is 0.402. The normalized spacial score (nSPS) is 9.57. The number of rotatable bonds is 2.